The molecular formula is C45H76O18. The van der Waals surface area contributed by atoms with Crippen LogP contribution in [0.3, 0.4) is 0 Å². The molecule has 2 unspecified atom stereocenters. The predicted octanol–water partition coefficient (Wildman–Crippen LogP) is -1.20. The van der Waals surface area contributed by atoms with Crippen LogP contribution < -0.4 is 0 Å². The van der Waals surface area contributed by atoms with Crippen LogP contribution in [0.25, 0.3) is 0 Å². The molecule has 0 bridgehead atoms. The van der Waals surface area contributed by atoms with Gasteiger partial charge < -0.3 is 89.7 Å². The van der Waals surface area contributed by atoms with Crippen molar-refractivity contribution in [2.24, 2.45) is 46.3 Å². The number of aliphatic hydroxyl groups is 12. The van der Waals surface area contributed by atoms with E-state index < -0.39 is 135 Å². The average molecular weight is 905 g/mol. The molecule has 7 rings (SSSR count). The maximum atomic E-state index is 11.7. The molecule has 3 saturated heterocycles. The van der Waals surface area contributed by atoms with Crippen LogP contribution in [0.2, 0.25) is 0 Å². The van der Waals surface area contributed by atoms with Gasteiger partial charge in [-0.2, -0.15) is 0 Å². The zero-order valence-electron chi connectivity index (χ0n) is 37.4. The van der Waals surface area contributed by atoms with Gasteiger partial charge in [-0.25, -0.2) is 0 Å². The first-order valence-electron chi connectivity index (χ1n) is 23.3. The number of fused-ring (bicyclic) bond motifs is 5. The van der Waals surface area contributed by atoms with Gasteiger partial charge >= 0.3 is 0 Å². The Morgan fingerprint density at radius 3 is 1.86 bits per heavy atom. The lowest BCUT2D eigenvalue weighted by molar-refractivity contribution is -0.363. The second-order valence-corrected chi connectivity index (χ2v) is 20.9. The zero-order chi connectivity index (χ0) is 46.0. The summed E-state index contributed by atoms with van der Waals surface area (Å²) in [5, 5.41) is 129. The van der Waals surface area contributed by atoms with Crippen LogP contribution in [0.1, 0.15) is 92.9 Å². The van der Waals surface area contributed by atoms with Crippen molar-refractivity contribution in [3.05, 3.63) is 11.6 Å². The Morgan fingerprint density at radius 2 is 1.27 bits per heavy atom. The Morgan fingerprint density at radius 1 is 0.698 bits per heavy atom. The van der Waals surface area contributed by atoms with Crippen molar-refractivity contribution in [1.29, 1.82) is 0 Å². The summed E-state index contributed by atoms with van der Waals surface area (Å²) in [6.07, 6.45) is -17.4. The number of allylic oxidation sites excluding steroid dienone is 1. The average Bonchev–Trinajstić information content (AvgIpc) is 3.54. The molecule has 3 saturated carbocycles. The van der Waals surface area contributed by atoms with Gasteiger partial charge in [0.15, 0.2) is 18.9 Å². The highest BCUT2D eigenvalue weighted by Crippen LogP contribution is 2.68. The van der Waals surface area contributed by atoms with Crippen molar-refractivity contribution >= 4 is 0 Å². The molecule has 3 aliphatic heterocycles. The van der Waals surface area contributed by atoms with Gasteiger partial charge in [-0.15, -0.1) is 0 Å². The fourth-order valence-electron chi connectivity index (χ4n) is 13.1. The Balaban J connectivity index is 1.12. The third kappa shape index (κ3) is 9.08. The third-order valence-electron chi connectivity index (χ3n) is 16.8. The van der Waals surface area contributed by atoms with Crippen LogP contribution in [0.15, 0.2) is 11.6 Å². The van der Waals surface area contributed by atoms with Crippen molar-refractivity contribution in [1.82, 2.24) is 0 Å². The molecule has 6 fully saturated rings. The first-order chi connectivity index (χ1) is 29.7. The van der Waals surface area contributed by atoms with Crippen LogP contribution in [0, 0.1) is 46.3 Å². The summed E-state index contributed by atoms with van der Waals surface area (Å²) in [7, 11) is 0. The second-order valence-electron chi connectivity index (χ2n) is 20.9. The smallest absolute Gasteiger partial charge is 0.187 e. The minimum absolute atomic E-state index is 0.0336. The van der Waals surface area contributed by atoms with Crippen molar-refractivity contribution in [3.8, 4) is 0 Å². The quantitative estimate of drug-likeness (QED) is 0.0967. The van der Waals surface area contributed by atoms with E-state index in [4.69, 9.17) is 28.4 Å². The Hall–Kier alpha value is -0.980. The van der Waals surface area contributed by atoms with E-state index in [1.807, 2.05) is 0 Å². The summed E-state index contributed by atoms with van der Waals surface area (Å²) in [6.45, 7) is 11.0. The van der Waals surface area contributed by atoms with Gasteiger partial charge in [-0.05, 0) is 92.8 Å². The van der Waals surface area contributed by atoms with E-state index in [-0.39, 0.29) is 41.4 Å². The van der Waals surface area contributed by atoms with Gasteiger partial charge in [-0.3, -0.25) is 0 Å². The van der Waals surface area contributed by atoms with E-state index in [0.29, 0.717) is 31.6 Å². The minimum atomic E-state index is -1.73. The molecular weight excluding hydrogens is 828 g/mol. The lowest BCUT2D eigenvalue weighted by Gasteiger charge is -2.60. The summed E-state index contributed by atoms with van der Waals surface area (Å²) in [5.41, 5.74) is 0.0567. The van der Waals surface area contributed by atoms with Crippen molar-refractivity contribution in [2.75, 3.05) is 13.2 Å². The SMILES string of the molecule is CC(C)CC[C@H](O)C(C)C1[C@@H](O[C@@H]2O[C@H](CO)[C@H](O)[C@H](O)[C@H]2O)C[C@H]2[C@@H]3CC=C4C[C@@H](O)C[C@@H](O[C@@H]5O[C@@H](C)[C@H](O[C@@H]6O[C@H](CO)[C@@H](O)[C@H](O)[C@H]6O)[C@@H](O)[C@H]5O)[C@]4(C)[C@H]3CC[C@]12C. The summed E-state index contributed by atoms with van der Waals surface area (Å²) in [6, 6.07) is 0. The molecule has 0 aromatic heterocycles. The molecule has 0 aromatic carbocycles. The number of aliphatic hydroxyl groups excluding tert-OH is 12. The molecule has 0 spiro atoms. The standard InChI is InChI=1S/C45H76O18/c1-18(2)7-10-26(49)19(3)31-27(59-42-37(55)34(52)32(50)28(16-46)60-42)15-25-23-9-8-21-13-22(48)14-30(45(21,6)24(23)11-12-44(25,31)5)62-41-39(57)36(54)40(20(4)58-41)63-43-38(56)35(53)33(51)29(17-47)61-43/h8,18-20,22-43,46-57H,7,9-17H2,1-6H3/t19?,20-,22+,23+,24-,25-,26-,27-,28+,29+,30+,31?,32-,33+,34-,35-,36-,37+,38+,39+,40-,41-,42+,43-,44-,45-/m0/s1. The fourth-order valence-corrected chi connectivity index (χ4v) is 13.1. The Labute approximate surface area is 369 Å². The Bertz CT molecular complexity index is 1550. The molecule has 0 radical (unpaired) electrons. The van der Waals surface area contributed by atoms with Crippen molar-refractivity contribution in [3.63, 3.8) is 0 Å². The molecule has 18 heteroatoms. The van der Waals surface area contributed by atoms with Gasteiger partial charge in [0, 0.05) is 11.8 Å². The van der Waals surface area contributed by atoms with E-state index in [2.05, 4.69) is 40.7 Å². The summed E-state index contributed by atoms with van der Waals surface area (Å²) in [4.78, 5) is 0. The number of rotatable bonds is 13. The molecule has 0 aromatic rings. The van der Waals surface area contributed by atoms with Gasteiger partial charge in [0.1, 0.15) is 67.1 Å². The summed E-state index contributed by atoms with van der Waals surface area (Å²) in [5.74, 6) is 0.152. The van der Waals surface area contributed by atoms with E-state index in [1.54, 1.807) is 6.92 Å². The highest BCUT2D eigenvalue weighted by molar-refractivity contribution is 5.28. The topological polar surface area (TPSA) is 298 Å². The van der Waals surface area contributed by atoms with Crippen LogP contribution in [0.5, 0.6) is 0 Å². The van der Waals surface area contributed by atoms with Crippen LogP contribution >= 0.6 is 0 Å². The second kappa shape index (κ2) is 19.6. The maximum absolute atomic E-state index is 11.7. The Kier molecular flexibility index (Phi) is 15.5. The van der Waals surface area contributed by atoms with E-state index in [1.165, 1.54) is 0 Å². The van der Waals surface area contributed by atoms with E-state index in [9.17, 15) is 61.3 Å². The van der Waals surface area contributed by atoms with Crippen LogP contribution in [-0.2, 0) is 28.4 Å². The molecule has 26 atom stereocenters. The monoisotopic (exact) mass is 905 g/mol. The van der Waals surface area contributed by atoms with Crippen molar-refractivity contribution in [2.45, 2.75) is 209 Å². The van der Waals surface area contributed by atoms with Crippen LogP contribution in [0.4, 0.5) is 0 Å². The minimum Gasteiger partial charge on any atom is -0.394 e. The predicted molar refractivity (Wildman–Crippen MR) is 220 cm³/mol. The molecule has 12 N–H and O–H groups in total. The van der Waals surface area contributed by atoms with E-state index >= 15 is 0 Å². The third-order valence-corrected chi connectivity index (χ3v) is 16.8. The first kappa shape index (κ1) is 49.9. The molecule has 7 aliphatic rings. The largest absolute Gasteiger partial charge is 0.394 e. The highest BCUT2D eigenvalue weighted by atomic mass is 16.7. The summed E-state index contributed by atoms with van der Waals surface area (Å²) >= 11 is 0. The van der Waals surface area contributed by atoms with Gasteiger partial charge in [-0.1, -0.05) is 46.3 Å². The van der Waals surface area contributed by atoms with E-state index in [0.717, 1.165) is 24.8 Å². The van der Waals surface area contributed by atoms with Gasteiger partial charge in [0.05, 0.1) is 43.7 Å². The number of hydrogen-bond donors (Lipinski definition) is 12. The molecule has 3 heterocycles. The van der Waals surface area contributed by atoms with Crippen molar-refractivity contribution < 1.29 is 89.7 Å². The molecule has 4 aliphatic carbocycles. The van der Waals surface area contributed by atoms with Crippen LogP contribution in [-0.4, -0.2) is 191 Å². The molecule has 364 valence electrons. The fraction of sp³-hybridized carbons (Fsp3) is 0.956. The zero-order valence-corrected chi connectivity index (χ0v) is 37.4. The van der Waals surface area contributed by atoms with Gasteiger partial charge in [0.25, 0.3) is 0 Å². The summed E-state index contributed by atoms with van der Waals surface area (Å²) < 4.78 is 36.8. The first-order valence-corrected chi connectivity index (χ1v) is 23.3. The lowest BCUT2D eigenvalue weighted by atomic mass is 9.46. The normalized spacial score (nSPS) is 52.4. The molecule has 0 amide bonds. The highest BCUT2D eigenvalue weighted by Gasteiger charge is 2.65. The maximum Gasteiger partial charge on any atom is 0.187 e. The molecule has 63 heavy (non-hydrogen) atoms. The number of ether oxygens (including phenoxy) is 6. The molecule has 18 nitrogen and oxygen atoms in total. The number of hydrogen-bond acceptors (Lipinski definition) is 18. The van der Waals surface area contributed by atoms with Gasteiger partial charge in [0.2, 0.25) is 0 Å². The lowest BCUT2D eigenvalue weighted by Crippen LogP contribution is -2.64.